The number of benzene rings is 1. The van der Waals surface area contributed by atoms with Gasteiger partial charge in [0.05, 0.1) is 0 Å². The molecule has 1 aromatic rings. The second-order valence-corrected chi connectivity index (χ2v) is 7.19. The van der Waals surface area contributed by atoms with Gasteiger partial charge < -0.3 is 15.0 Å². The molecule has 0 spiro atoms. The second kappa shape index (κ2) is 7.20. The van der Waals surface area contributed by atoms with Crippen molar-refractivity contribution in [3.63, 3.8) is 0 Å². The maximum absolute atomic E-state index is 13.1. The van der Waals surface area contributed by atoms with Gasteiger partial charge in [-0.15, -0.1) is 0 Å². The lowest BCUT2D eigenvalue weighted by Gasteiger charge is -2.33. The molecule has 0 aromatic heterocycles. The van der Waals surface area contributed by atoms with Gasteiger partial charge in [0.15, 0.2) is 0 Å². The molecule has 1 aromatic carbocycles. The van der Waals surface area contributed by atoms with Crippen LogP contribution in [-0.4, -0.2) is 35.6 Å². The van der Waals surface area contributed by atoms with Crippen molar-refractivity contribution in [2.24, 2.45) is 5.92 Å². The number of ether oxygens (including phenoxy) is 1. The zero-order valence-corrected chi connectivity index (χ0v) is 14.7. The second-order valence-electron chi connectivity index (χ2n) is 7.19. The number of nitrogens with one attached hydrogen (secondary N) is 1. The molecular weight excluding hydrogens is 311 g/mol. The first-order valence-corrected chi connectivity index (χ1v) is 8.20. The van der Waals surface area contributed by atoms with Crippen molar-refractivity contribution < 1.29 is 18.7 Å². The maximum atomic E-state index is 13.1. The van der Waals surface area contributed by atoms with Crippen molar-refractivity contribution in [2.45, 2.75) is 46.1 Å². The Kier molecular flexibility index (Phi) is 5.47. The van der Waals surface area contributed by atoms with Crippen LogP contribution in [0.3, 0.4) is 0 Å². The summed E-state index contributed by atoms with van der Waals surface area (Å²) in [5.41, 5.74) is 0.788. The van der Waals surface area contributed by atoms with E-state index < -0.39 is 5.60 Å². The smallest absolute Gasteiger partial charge is 0.410 e. The lowest BCUT2D eigenvalue weighted by Crippen LogP contribution is -2.43. The minimum atomic E-state index is -0.522. The average molecular weight is 336 g/mol. The summed E-state index contributed by atoms with van der Waals surface area (Å²) in [6.07, 6.45) is 0.840. The molecule has 2 rings (SSSR count). The van der Waals surface area contributed by atoms with Crippen LogP contribution in [0.4, 0.5) is 14.9 Å². The van der Waals surface area contributed by atoms with Gasteiger partial charge in [-0.3, -0.25) is 4.79 Å². The molecule has 5 nitrogen and oxygen atoms in total. The van der Waals surface area contributed by atoms with E-state index in [4.69, 9.17) is 4.74 Å². The highest BCUT2D eigenvalue weighted by Crippen LogP contribution is 2.23. The molecule has 0 saturated carbocycles. The van der Waals surface area contributed by atoms with E-state index in [-0.39, 0.29) is 23.7 Å². The van der Waals surface area contributed by atoms with Crippen molar-refractivity contribution in [3.05, 3.63) is 29.6 Å². The average Bonchev–Trinajstić information content (AvgIpc) is 2.48. The summed E-state index contributed by atoms with van der Waals surface area (Å²) >= 11 is 0. The number of likely N-dealkylation sites (tertiary alicyclic amines) is 1. The molecule has 2 amide bonds. The molecule has 1 aliphatic rings. The van der Waals surface area contributed by atoms with E-state index in [0.717, 1.165) is 0 Å². The number of piperidine rings is 1. The molecule has 132 valence electrons. The van der Waals surface area contributed by atoms with Crippen LogP contribution >= 0.6 is 0 Å². The molecule has 24 heavy (non-hydrogen) atoms. The van der Waals surface area contributed by atoms with Gasteiger partial charge in [0.2, 0.25) is 5.91 Å². The standard InChI is InChI=1S/C18H25FN2O3/c1-12-11-14(19)5-6-15(12)20-16(22)13-7-9-21(10-8-13)17(23)24-18(2,3)4/h5-6,11,13H,7-10H2,1-4H3,(H,20,22). The molecule has 1 heterocycles. The minimum Gasteiger partial charge on any atom is -0.444 e. The molecule has 1 aliphatic heterocycles. The van der Waals surface area contributed by atoms with Gasteiger partial charge in [-0.2, -0.15) is 0 Å². The summed E-state index contributed by atoms with van der Waals surface area (Å²) in [6.45, 7) is 8.23. The predicted octanol–water partition coefficient (Wildman–Crippen LogP) is 3.72. The summed E-state index contributed by atoms with van der Waals surface area (Å²) in [5, 5.41) is 2.85. The zero-order valence-electron chi connectivity index (χ0n) is 14.7. The van der Waals surface area contributed by atoms with E-state index >= 15 is 0 Å². The van der Waals surface area contributed by atoms with Crippen LogP contribution in [0, 0.1) is 18.7 Å². The van der Waals surface area contributed by atoms with Gasteiger partial charge in [0.1, 0.15) is 11.4 Å². The van der Waals surface area contributed by atoms with E-state index in [9.17, 15) is 14.0 Å². The molecule has 1 fully saturated rings. The predicted molar refractivity (Wildman–Crippen MR) is 90.3 cm³/mol. The van der Waals surface area contributed by atoms with Crippen molar-refractivity contribution in [1.82, 2.24) is 4.90 Å². The first kappa shape index (κ1) is 18.2. The van der Waals surface area contributed by atoms with Crippen molar-refractivity contribution in [1.29, 1.82) is 0 Å². The maximum Gasteiger partial charge on any atom is 0.410 e. The van der Waals surface area contributed by atoms with Gasteiger partial charge >= 0.3 is 6.09 Å². The number of carbonyl (C=O) groups is 2. The fraction of sp³-hybridized carbons (Fsp3) is 0.556. The third kappa shape index (κ3) is 4.94. The lowest BCUT2D eigenvalue weighted by molar-refractivity contribution is -0.121. The van der Waals surface area contributed by atoms with E-state index in [1.165, 1.54) is 12.1 Å². The summed E-state index contributed by atoms with van der Waals surface area (Å²) in [5.74, 6) is -0.571. The monoisotopic (exact) mass is 336 g/mol. The van der Waals surface area contributed by atoms with E-state index in [1.807, 2.05) is 20.8 Å². The van der Waals surface area contributed by atoms with Crippen LogP contribution in [0.15, 0.2) is 18.2 Å². The highest BCUT2D eigenvalue weighted by molar-refractivity contribution is 5.93. The Morgan fingerprint density at radius 3 is 2.42 bits per heavy atom. The summed E-state index contributed by atoms with van der Waals surface area (Å²) in [6, 6.07) is 4.28. The van der Waals surface area contributed by atoms with Gasteiger partial charge in [-0.25, -0.2) is 9.18 Å². The lowest BCUT2D eigenvalue weighted by atomic mass is 9.96. The van der Waals surface area contributed by atoms with Crippen LogP contribution < -0.4 is 5.32 Å². The number of hydrogen-bond acceptors (Lipinski definition) is 3. The Labute approximate surface area is 142 Å². The van der Waals surface area contributed by atoms with Crippen molar-refractivity contribution in [2.75, 3.05) is 18.4 Å². The van der Waals surface area contributed by atoms with Crippen molar-refractivity contribution in [3.8, 4) is 0 Å². The minimum absolute atomic E-state index is 0.0893. The molecule has 0 bridgehead atoms. The molecule has 0 atom stereocenters. The molecular formula is C18H25FN2O3. The third-order valence-electron chi connectivity index (χ3n) is 3.96. The normalized spacial score (nSPS) is 16.0. The van der Waals surface area contributed by atoms with Crippen LogP contribution in [0.25, 0.3) is 0 Å². The number of rotatable bonds is 2. The highest BCUT2D eigenvalue weighted by atomic mass is 19.1. The number of carbonyl (C=O) groups excluding carboxylic acids is 2. The molecule has 1 saturated heterocycles. The molecule has 0 radical (unpaired) electrons. The zero-order chi connectivity index (χ0) is 17.9. The van der Waals surface area contributed by atoms with Gasteiger partial charge in [0.25, 0.3) is 0 Å². The summed E-state index contributed by atoms with van der Waals surface area (Å²) < 4.78 is 18.5. The summed E-state index contributed by atoms with van der Waals surface area (Å²) in [7, 11) is 0. The van der Waals surface area contributed by atoms with Crippen LogP contribution in [0.1, 0.15) is 39.2 Å². The topological polar surface area (TPSA) is 58.6 Å². The van der Waals surface area contributed by atoms with Gasteiger partial charge in [-0.1, -0.05) is 0 Å². The quantitative estimate of drug-likeness (QED) is 0.895. The highest BCUT2D eigenvalue weighted by Gasteiger charge is 2.30. The molecule has 0 aliphatic carbocycles. The SMILES string of the molecule is Cc1cc(F)ccc1NC(=O)C1CCN(C(=O)OC(C)(C)C)CC1. The fourth-order valence-corrected chi connectivity index (χ4v) is 2.65. The van der Waals surface area contributed by atoms with E-state index in [0.29, 0.717) is 37.2 Å². The largest absolute Gasteiger partial charge is 0.444 e. The van der Waals surface area contributed by atoms with E-state index in [1.54, 1.807) is 17.9 Å². The Morgan fingerprint density at radius 2 is 1.88 bits per heavy atom. The van der Waals surface area contributed by atoms with Gasteiger partial charge in [-0.05, 0) is 64.3 Å². The first-order valence-electron chi connectivity index (χ1n) is 8.20. The third-order valence-corrected chi connectivity index (χ3v) is 3.96. The number of hydrogen-bond donors (Lipinski definition) is 1. The van der Waals surface area contributed by atoms with Crippen LogP contribution in [0.2, 0.25) is 0 Å². The van der Waals surface area contributed by atoms with Crippen molar-refractivity contribution >= 4 is 17.7 Å². The Hall–Kier alpha value is -2.11. The van der Waals surface area contributed by atoms with Gasteiger partial charge in [0, 0.05) is 24.7 Å². The Balaban J connectivity index is 1.87. The number of halogens is 1. The van der Waals surface area contributed by atoms with Crippen LogP contribution in [0.5, 0.6) is 0 Å². The number of anilines is 1. The van der Waals surface area contributed by atoms with E-state index in [2.05, 4.69) is 5.32 Å². The number of amides is 2. The fourth-order valence-electron chi connectivity index (χ4n) is 2.65. The molecule has 6 heteroatoms. The first-order chi connectivity index (χ1) is 11.2. The molecule has 0 unspecified atom stereocenters. The summed E-state index contributed by atoms with van der Waals surface area (Å²) in [4.78, 5) is 26.0. The number of nitrogens with zero attached hydrogens (tertiary/aromatic N) is 1. The number of aryl methyl sites for hydroxylation is 1. The van der Waals surface area contributed by atoms with Crippen LogP contribution in [-0.2, 0) is 9.53 Å². The Morgan fingerprint density at radius 1 is 1.25 bits per heavy atom. The Bertz CT molecular complexity index is 617. The molecule has 1 N–H and O–H groups in total.